The number of methoxy groups -OCH3 is 1. The fraction of sp³-hybridized carbons (Fsp3) is 0.0769. The van der Waals surface area contributed by atoms with Gasteiger partial charge >= 0.3 is 0 Å². The molecule has 0 fully saturated rings. The molecule has 0 amide bonds. The highest BCUT2D eigenvalue weighted by Crippen LogP contribution is 2.37. The Bertz CT molecular complexity index is 620. The molecule has 0 aromatic heterocycles. The molecule has 2 nitrogen and oxygen atoms in total. The molecule has 2 aromatic carbocycles. The number of rotatable bonds is 3. The molecule has 19 heavy (non-hydrogen) atoms. The zero-order valence-corrected chi connectivity index (χ0v) is 12.1. The first-order valence-electron chi connectivity index (χ1n) is 5.17. The van der Waals surface area contributed by atoms with Gasteiger partial charge in [-0.2, -0.15) is 0 Å². The average Bonchev–Trinajstić information content (AvgIpc) is 2.37. The highest BCUT2D eigenvalue weighted by Gasteiger charge is 2.12. The summed E-state index contributed by atoms with van der Waals surface area (Å²) >= 11 is 8.91. The van der Waals surface area contributed by atoms with Crippen molar-refractivity contribution >= 4 is 27.5 Å². The van der Waals surface area contributed by atoms with E-state index in [1.807, 2.05) is 0 Å². The van der Waals surface area contributed by atoms with Crippen molar-refractivity contribution in [3.63, 3.8) is 0 Å². The molecule has 0 heterocycles. The van der Waals surface area contributed by atoms with Crippen molar-refractivity contribution in [1.29, 1.82) is 0 Å². The van der Waals surface area contributed by atoms with E-state index in [0.717, 1.165) is 6.07 Å². The largest absolute Gasteiger partial charge is 0.493 e. The van der Waals surface area contributed by atoms with Crippen LogP contribution in [-0.4, -0.2) is 7.11 Å². The summed E-state index contributed by atoms with van der Waals surface area (Å²) in [5.74, 6) is -0.209. The van der Waals surface area contributed by atoms with Gasteiger partial charge in [0.05, 0.1) is 16.6 Å². The molecule has 0 spiro atoms. The van der Waals surface area contributed by atoms with E-state index in [-0.39, 0.29) is 26.7 Å². The lowest BCUT2D eigenvalue weighted by molar-refractivity contribution is 0.375. The van der Waals surface area contributed by atoms with Gasteiger partial charge in [0.2, 0.25) is 0 Å². The molecule has 0 aliphatic heterocycles. The molecule has 0 saturated heterocycles. The van der Waals surface area contributed by atoms with Crippen LogP contribution in [0.4, 0.5) is 8.78 Å². The van der Waals surface area contributed by atoms with Gasteiger partial charge in [0.15, 0.2) is 11.5 Å². The quantitative estimate of drug-likeness (QED) is 0.711. The second-order valence-electron chi connectivity index (χ2n) is 3.59. The van der Waals surface area contributed by atoms with E-state index in [0.29, 0.717) is 0 Å². The standard InChI is InChI=1S/C13H8BrClF2O2/c1-18-13-4-7(16)2-3-11(13)19-12-5-8(14)10(17)6-9(12)15/h2-6H,1H3. The van der Waals surface area contributed by atoms with Crippen LogP contribution in [0, 0.1) is 11.6 Å². The molecular weight excluding hydrogens is 341 g/mol. The van der Waals surface area contributed by atoms with Crippen molar-refractivity contribution < 1.29 is 18.3 Å². The molecule has 0 aliphatic rings. The Morgan fingerprint density at radius 3 is 2.47 bits per heavy atom. The summed E-state index contributed by atoms with van der Waals surface area (Å²) in [6.07, 6.45) is 0. The Morgan fingerprint density at radius 1 is 1.05 bits per heavy atom. The first-order chi connectivity index (χ1) is 9.01. The smallest absolute Gasteiger partial charge is 0.169 e. The minimum Gasteiger partial charge on any atom is -0.493 e. The van der Waals surface area contributed by atoms with Crippen LogP contribution >= 0.6 is 27.5 Å². The third-order valence-corrected chi connectivity index (χ3v) is 3.22. The van der Waals surface area contributed by atoms with Gasteiger partial charge in [-0.3, -0.25) is 0 Å². The van der Waals surface area contributed by atoms with Crippen LogP contribution in [0.3, 0.4) is 0 Å². The molecule has 0 atom stereocenters. The molecule has 0 N–H and O–H groups in total. The van der Waals surface area contributed by atoms with Gasteiger partial charge < -0.3 is 9.47 Å². The van der Waals surface area contributed by atoms with E-state index in [4.69, 9.17) is 21.1 Å². The van der Waals surface area contributed by atoms with Gasteiger partial charge in [0, 0.05) is 6.07 Å². The van der Waals surface area contributed by atoms with E-state index in [1.165, 1.54) is 31.4 Å². The van der Waals surface area contributed by atoms with E-state index in [9.17, 15) is 8.78 Å². The Kier molecular flexibility index (Phi) is 4.27. The fourth-order valence-electron chi connectivity index (χ4n) is 1.43. The minimum atomic E-state index is -0.497. The molecular formula is C13H8BrClF2O2. The summed E-state index contributed by atoms with van der Waals surface area (Å²) in [5, 5.41) is 0.104. The first kappa shape index (κ1) is 14.1. The molecule has 0 radical (unpaired) electrons. The number of hydrogen-bond donors (Lipinski definition) is 0. The molecule has 2 rings (SSSR count). The van der Waals surface area contributed by atoms with Crippen molar-refractivity contribution in [3.05, 3.63) is 51.5 Å². The van der Waals surface area contributed by atoms with Crippen LogP contribution in [0.5, 0.6) is 17.2 Å². The lowest BCUT2D eigenvalue weighted by Gasteiger charge is -2.12. The van der Waals surface area contributed by atoms with Crippen LogP contribution in [0.15, 0.2) is 34.8 Å². The Labute approximate surface area is 122 Å². The summed E-state index contributed by atoms with van der Waals surface area (Å²) in [5.41, 5.74) is 0. The minimum absolute atomic E-state index is 0.104. The van der Waals surface area contributed by atoms with Crippen molar-refractivity contribution in [1.82, 2.24) is 0 Å². The van der Waals surface area contributed by atoms with E-state index in [1.54, 1.807) is 0 Å². The fourth-order valence-corrected chi connectivity index (χ4v) is 1.94. The first-order valence-corrected chi connectivity index (χ1v) is 6.34. The topological polar surface area (TPSA) is 18.5 Å². The normalized spacial score (nSPS) is 10.4. The number of halogens is 4. The van der Waals surface area contributed by atoms with Crippen LogP contribution in [0.2, 0.25) is 5.02 Å². The van der Waals surface area contributed by atoms with Gasteiger partial charge in [-0.25, -0.2) is 8.78 Å². The molecule has 0 aliphatic carbocycles. The summed E-state index contributed by atoms with van der Waals surface area (Å²) in [6.45, 7) is 0. The van der Waals surface area contributed by atoms with Crippen molar-refractivity contribution in [2.24, 2.45) is 0 Å². The zero-order chi connectivity index (χ0) is 14.0. The number of benzene rings is 2. The molecule has 0 unspecified atom stereocenters. The summed E-state index contributed by atoms with van der Waals surface area (Å²) in [4.78, 5) is 0. The van der Waals surface area contributed by atoms with Gasteiger partial charge in [-0.15, -0.1) is 0 Å². The molecule has 0 saturated carbocycles. The number of ether oxygens (including phenoxy) is 2. The second kappa shape index (κ2) is 5.75. The average molecular weight is 350 g/mol. The maximum atomic E-state index is 13.2. The highest BCUT2D eigenvalue weighted by molar-refractivity contribution is 9.10. The third-order valence-electron chi connectivity index (χ3n) is 2.32. The zero-order valence-electron chi connectivity index (χ0n) is 9.72. The van der Waals surface area contributed by atoms with Gasteiger partial charge in [0.1, 0.15) is 17.4 Å². The Balaban J connectivity index is 2.39. The van der Waals surface area contributed by atoms with Gasteiger partial charge in [-0.1, -0.05) is 11.6 Å². The van der Waals surface area contributed by atoms with Gasteiger partial charge in [-0.05, 0) is 40.2 Å². The predicted octanol–water partition coefficient (Wildman–Crippen LogP) is 5.18. The van der Waals surface area contributed by atoms with Crippen molar-refractivity contribution in [3.8, 4) is 17.2 Å². The highest BCUT2D eigenvalue weighted by atomic mass is 79.9. The molecule has 100 valence electrons. The lowest BCUT2D eigenvalue weighted by Crippen LogP contribution is -1.92. The lowest BCUT2D eigenvalue weighted by atomic mass is 10.3. The maximum absolute atomic E-state index is 13.2. The predicted molar refractivity (Wildman–Crippen MR) is 72.1 cm³/mol. The Hall–Kier alpha value is -1.33. The third kappa shape index (κ3) is 3.16. The van der Waals surface area contributed by atoms with Crippen LogP contribution in [0.25, 0.3) is 0 Å². The summed E-state index contributed by atoms with van der Waals surface area (Å²) in [7, 11) is 1.39. The van der Waals surface area contributed by atoms with Crippen LogP contribution in [-0.2, 0) is 0 Å². The van der Waals surface area contributed by atoms with E-state index >= 15 is 0 Å². The Morgan fingerprint density at radius 2 is 1.79 bits per heavy atom. The SMILES string of the molecule is COc1cc(F)ccc1Oc1cc(Br)c(F)cc1Cl. The maximum Gasteiger partial charge on any atom is 0.169 e. The molecule has 2 aromatic rings. The monoisotopic (exact) mass is 348 g/mol. The number of hydrogen-bond acceptors (Lipinski definition) is 2. The van der Waals surface area contributed by atoms with Crippen molar-refractivity contribution in [2.75, 3.05) is 7.11 Å². The van der Waals surface area contributed by atoms with Gasteiger partial charge in [0.25, 0.3) is 0 Å². The summed E-state index contributed by atoms with van der Waals surface area (Å²) < 4.78 is 37.0. The molecule has 6 heteroatoms. The van der Waals surface area contributed by atoms with E-state index in [2.05, 4.69) is 15.9 Å². The molecule has 0 bridgehead atoms. The van der Waals surface area contributed by atoms with Crippen LogP contribution in [0.1, 0.15) is 0 Å². The van der Waals surface area contributed by atoms with Crippen LogP contribution < -0.4 is 9.47 Å². The van der Waals surface area contributed by atoms with E-state index < -0.39 is 11.6 Å². The summed E-state index contributed by atoms with van der Waals surface area (Å²) in [6, 6.07) is 6.32. The van der Waals surface area contributed by atoms with Crippen molar-refractivity contribution in [2.45, 2.75) is 0 Å². The second-order valence-corrected chi connectivity index (χ2v) is 4.86.